The van der Waals surface area contributed by atoms with Crippen LogP contribution in [-0.2, 0) is 11.3 Å². The lowest BCUT2D eigenvalue weighted by Gasteiger charge is -2.07. The molecule has 11 heteroatoms. The van der Waals surface area contributed by atoms with Gasteiger partial charge >= 0.3 is 5.97 Å². The number of carbonyl (C=O) groups excluding carboxylic acids is 1. The molecule has 0 radical (unpaired) electrons. The van der Waals surface area contributed by atoms with Gasteiger partial charge in [0.15, 0.2) is 11.8 Å². The van der Waals surface area contributed by atoms with Crippen LogP contribution in [0.3, 0.4) is 0 Å². The van der Waals surface area contributed by atoms with Gasteiger partial charge < -0.3 is 9.15 Å². The molecule has 0 bridgehead atoms. The zero-order valence-electron chi connectivity index (χ0n) is 16.3. The molecule has 4 aromatic rings. The summed E-state index contributed by atoms with van der Waals surface area (Å²) >= 11 is 0. The molecule has 2 aromatic heterocycles. The first kappa shape index (κ1) is 19.9. The third-order valence-corrected chi connectivity index (χ3v) is 4.33. The van der Waals surface area contributed by atoms with Crippen molar-refractivity contribution >= 4 is 11.7 Å². The number of non-ortho nitro benzene ring substituents is 1. The van der Waals surface area contributed by atoms with Crippen molar-refractivity contribution in [3.63, 3.8) is 0 Å². The Labute approximate surface area is 175 Å². The predicted molar refractivity (Wildman–Crippen MR) is 106 cm³/mol. The minimum absolute atomic E-state index is 0.0499. The Morgan fingerprint density at radius 1 is 1.13 bits per heavy atom. The molecule has 0 saturated carbocycles. The quantitative estimate of drug-likeness (QED) is 0.250. The van der Waals surface area contributed by atoms with Crippen LogP contribution in [0.2, 0.25) is 0 Å². The van der Waals surface area contributed by atoms with E-state index < -0.39 is 17.0 Å². The van der Waals surface area contributed by atoms with Crippen LogP contribution in [0.25, 0.3) is 11.5 Å². The van der Waals surface area contributed by atoms with Crippen LogP contribution in [0.15, 0.2) is 65.2 Å². The molecule has 0 aliphatic rings. The van der Waals surface area contributed by atoms with E-state index >= 15 is 0 Å². The Morgan fingerprint density at radius 2 is 1.87 bits per heavy atom. The van der Waals surface area contributed by atoms with Gasteiger partial charge in [0, 0.05) is 17.7 Å². The van der Waals surface area contributed by atoms with E-state index in [9.17, 15) is 14.9 Å². The number of aromatic nitrogens is 5. The highest BCUT2D eigenvalue weighted by Crippen LogP contribution is 2.24. The summed E-state index contributed by atoms with van der Waals surface area (Å²) < 4.78 is 12.4. The van der Waals surface area contributed by atoms with Crippen LogP contribution in [0.1, 0.15) is 35.0 Å². The Kier molecular flexibility index (Phi) is 5.47. The van der Waals surface area contributed by atoms with Gasteiger partial charge in [0.25, 0.3) is 11.6 Å². The van der Waals surface area contributed by atoms with E-state index in [2.05, 4.69) is 20.5 Å². The number of benzene rings is 2. The molecule has 156 valence electrons. The molecule has 11 nitrogen and oxygen atoms in total. The fourth-order valence-corrected chi connectivity index (χ4v) is 2.75. The number of esters is 1. The Balaban J connectivity index is 1.40. The number of nitrogens with zero attached hydrogens (tertiary/aromatic N) is 6. The van der Waals surface area contributed by atoms with Crippen molar-refractivity contribution in [1.82, 2.24) is 25.2 Å². The van der Waals surface area contributed by atoms with Gasteiger partial charge in [-0.2, -0.15) is 0 Å². The first-order valence-corrected chi connectivity index (χ1v) is 9.23. The lowest BCUT2D eigenvalue weighted by molar-refractivity contribution is -0.384. The summed E-state index contributed by atoms with van der Waals surface area (Å²) in [4.78, 5) is 22.6. The van der Waals surface area contributed by atoms with E-state index in [1.54, 1.807) is 6.92 Å². The second-order valence-electron chi connectivity index (χ2n) is 6.58. The van der Waals surface area contributed by atoms with Crippen molar-refractivity contribution in [2.75, 3.05) is 0 Å². The zero-order valence-corrected chi connectivity index (χ0v) is 16.3. The fourth-order valence-electron chi connectivity index (χ4n) is 2.75. The largest absolute Gasteiger partial charge is 0.448 e. The van der Waals surface area contributed by atoms with E-state index in [4.69, 9.17) is 9.15 Å². The number of nitro benzene ring substituents is 1. The summed E-state index contributed by atoms with van der Waals surface area (Å²) in [5.41, 5.74) is 1.53. The average Bonchev–Trinajstić information content (AvgIpc) is 3.45. The van der Waals surface area contributed by atoms with Gasteiger partial charge in [-0.05, 0) is 24.6 Å². The normalized spacial score (nSPS) is 11.8. The van der Waals surface area contributed by atoms with Gasteiger partial charge in [0.2, 0.25) is 5.89 Å². The topological polar surface area (TPSA) is 139 Å². The predicted octanol–water partition coefficient (Wildman–Crippen LogP) is 3.20. The molecule has 0 amide bonds. The summed E-state index contributed by atoms with van der Waals surface area (Å²) in [6.07, 6.45) is 0.670. The van der Waals surface area contributed by atoms with E-state index in [1.807, 2.05) is 30.3 Å². The maximum atomic E-state index is 12.4. The molecule has 0 aliphatic heterocycles. The van der Waals surface area contributed by atoms with Gasteiger partial charge in [-0.1, -0.05) is 35.5 Å². The summed E-state index contributed by atoms with van der Waals surface area (Å²) in [7, 11) is 0. The average molecular weight is 420 g/mol. The number of carbonyl (C=O) groups is 1. The van der Waals surface area contributed by atoms with Crippen molar-refractivity contribution in [2.24, 2.45) is 0 Å². The van der Waals surface area contributed by atoms with Crippen molar-refractivity contribution in [2.45, 2.75) is 19.6 Å². The third-order valence-electron chi connectivity index (χ3n) is 4.33. The molecule has 0 fully saturated rings. The SMILES string of the molecule is CC(OC(=O)c1cn(Cc2ccccc2)nn1)c1nnc(-c2ccc([N+](=O)[O-])cc2)o1. The monoisotopic (exact) mass is 420 g/mol. The minimum atomic E-state index is -0.828. The highest BCUT2D eigenvalue weighted by molar-refractivity contribution is 5.86. The van der Waals surface area contributed by atoms with Crippen LogP contribution >= 0.6 is 0 Å². The van der Waals surface area contributed by atoms with E-state index in [0.29, 0.717) is 12.1 Å². The standard InChI is InChI=1S/C20H16N6O5/c1-13(18-22-23-19(31-18)15-7-9-16(10-8-15)26(28)29)30-20(27)17-12-25(24-21-17)11-14-5-3-2-4-6-14/h2-10,12-13H,11H2,1H3. The second kappa shape index (κ2) is 8.53. The zero-order chi connectivity index (χ0) is 21.8. The number of ether oxygens (including phenoxy) is 1. The highest BCUT2D eigenvalue weighted by atomic mass is 16.6. The summed E-state index contributed by atoms with van der Waals surface area (Å²) in [6, 6.07) is 15.3. The third kappa shape index (κ3) is 4.61. The summed E-state index contributed by atoms with van der Waals surface area (Å²) in [5.74, 6) is -0.443. The van der Waals surface area contributed by atoms with Gasteiger partial charge in [-0.3, -0.25) is 10.1 Å². The number of rotatable bonds is 7. The first-order chi connectivity index (χ1) is 15.0. The molecular formula is C20H16N6O5. The molecule has 4 rings (SSSR count). The van der Waals surface area contributed by atoms with Crippen LogP contribution in [-0.4, -0.2) is 36.1 Å². The lowest BCUT2D eigenvalue weighted by Crippen LogP contribution is -2.10. The minimum Gasteiger partial charge on any atom is -0.448 e. The van der Waals surface area contributed by atoms with Crippen LogP contribution in [0, 0.1) is 10.1 Å². The number of hydrogen-bond acceptors (Lipinski definition) is 9. The van der Waals surface area contributed by atoms with Gasteiger partial charge in [0.1, 0.15) is 0 Å². The van der Waals surface area contributed by atoms with Crippen molar-refractivity contribution in [3.8, 4) is 11.5 Å². The molecule has 1 unspecified atom stereocenters. The molecule has 2 aromatic carbocycles. The molecule has 0 aliphatic carbocycles. The van der Waals surface area contributed by atoms with Crippen molar-refractivity contribution in [1.29, 1.82) is 0 Å². The maximum absolute atomic E-state index is 12.4. The summed E-state index contributed by atoms with van der Waals surface area (Å²) in [6.45, 7) is 2.05. The van der Waals surface area contributed by atoms with Gasteiger partial charge in [-0.25, -0.2) is 9.48 Å². The molecule has 31 heavy (non-hydrogen) atoms. The first-order valence-electron chi connectivity index (χ1n) is 9.23. The fraction of sp³-hybridized carbons (Fsp3) is 0.150. The Hall–Kier alpha value is -4.41. The van der Waals surface area contributed by atoms with Crippen LogP contribution in [0.5, 0.6) is 0 Å². The number of hydrogen-bond donors (Lipinski definition) is 0. The molecule has 2 heterocycles. The van der Waals surface area contributed by atoms with E-state index in [-0.39, 0.29) is 23.2 Å². The van der Waals surface area contributed by atoms with Gasteiger partial charge in [0.05, 0.1) is 17.7 Å². The van der Waals surface area contributed by atoms with Crippen molar-refractivity contribution in [3.05, 3.63) is 88.1 Å². The number of nitro groups is 1. The lowest BCUT2D eigenvalue weighted by atomic mass is 10.2. The molecule has 0 N–H and O–H groups in total. The van der Waals surface area contributed by atoms with E-state index in [0.717, 1.165) is 5.56 Å². The van der Waals surface area contributed by atoms with Crippen molar-refractivity contribution < 1.29 is 18.9 Å². The maximum Gasteiger partial charge on any atom is 0.361 e. The smallest absolute Gasteiger partial charge is 0.361 e. The Bertz CT molecular complexity index is 1200. The molecule has 0 saturated heterocycles. The Morgan fingerprint density at radius 3 is 2.58 bits per heavy atom. The van der Waals surface area contributed by atoms with Crippen LogP contribution < -0.4 is 0 Å². The van der Waals surface area contributed by atoms with E-state index in [1.165, 1.54) is 35.1 Å². The molecule has 1 atom stereocenters. The summed E-state index contributed by atoms with van der Waals surface area (Å²) in [5, 5.41) is 26.3. The highest BCUT2D eigenvalue weighted by Gasteiger charge is 2.22. The van der Waals surface area contributed by atoms with Gasteiger partial charge in [-0.15, -0.1) is 15.3 Å². The molecule has 0 spiro atoms. The van der Waals surface area contributed by atoms with Crippen LogP contribution in [0.4, 0.5) is 5.69 Å². The molecular weight excluding hydrogens is 404 g/mol. The second-order valence-corrected chi connectivity index (χ2v) is 6.58.